The first-order chi connectivity index (χ1) is 13.1. The second-order valence-corrected chi connectivity index (χ2v) is 6.50. The van der Waals surface area contributed by atoms with Gasteiger partial charge in [0.15, 0.2) is 0 Å². The Morgan fingerprint density at radius 2 is 1.57 bits per heavy atom. The van der Waals surface area contributed by atoms with Crippen LogP contribution in [0.2, 0.25) is 0 Å². The normalized spacial score (nSPS) is 14.3. The predicted molar refractivity (Wildman–Crippen MR) is 100 cm³/mol. The highest BCUT2D eigenvalue weighted by molar-refractivity contribution is 5.81. The van der Waals surface area contributed by atoms with Crippen molar-refractivity contribution >= 4 is 11.4 Å². The van der Waals surface area contributed by atoms with Crippen LogP contribution in [0.4, 0.5) is 11.4 Å². The Labute approximate surface area is 146 Å². The summed E-state index contributed by atoms with van der Waals surface area (Å²) in [6.07, 6.45) is 0. The second kappa shape index (κ2) is 6.29. The van der Waals surface area contributed by atoms with Crippen molar-refractivity contribution in [1.29, 1.82) is 0 Å². The van der Waals surface area contributed by atoms with E-state index in [0.29, 0.717) is 5.69 Å². The van der Waals surface area contributed by atoms with Gasteiger partial charge in [-0.1, -0.05) is 75.3 Å². The van der Waals surface area contributed by atoms with Crippen LogP contribution in [0.1, 0.15) is 33.2 Å². The molecular formula is C22H23N. The minimum atomic E-state index is -0.396. The summed E-state index contributed by atoms with van der Waals surface area (Å²) < 4.78 is 39.9. The Kier molecular flexibility index (Phi) is 2.81. The zero-order valence-corrected chi connectivity index (χ0v) is 13.6. The molecule has 0 unspecified atom stereocenters. The smallest absolute Gasteiger partial charge is 0.0645 e. The molecule has 0 spiro atoms. The Morgan fingerprint density at radius 1 is 0.870 bits per heavy atom. The maximum Gasteiger partial charge on any atom is 0.0645 e. The summed E-state index contributed by atoms with van der Waals surface area (Å²) in [6.45, 7) is 6.42. The molecule has 0 aromatic heterocycles. The molecule has 1 N–H and O–H groups in total. The van der Waals surface area contributed by atoms with Gasteiger partial charge in [0.25, 0.3) is 0 Å². The molecule has 3 aromatic rings. The van der Waals surface area contributed by atoms with Crippen molar-refractivity contribution in [3.05, 3.63) is 84.3 Å². The molecule has 1 heteroatoms. The van der Waals surface area contributed by atoms with Crippen LogP contribution in [-0.4, -0.2) is 0 Å². The molecule has 0 radical (unpaired) electrons. The standard InChI is InChI=1S/C22H23N/c1-22(2,3)18-14-15-21(23-19-12-8-5-9-13-19)20(16-18)17-10-6-4-7-11-17/h4-16,23H,1-3H3/i5D,8D,9D,12D,13D. The quantitative estimate of drug-likeness (QED) is 0.590. The minimum Gasteiger partial charge on any atom is -0.355 e. The van der Waals surface area contributed by atoms with Gasteiger partial charge in [-0.2, -0.15) is 0 Å². The fourth-order valence-corrected chi connectivity index (χ4v) is 2.42. The molecule has 116 valence electrons. The number of hydrogen-bond donors (Lipinski definition) is 1. The molecule has 0 heterocycles. The van der Waals surface area contributed by atoms with Crippen LogP contribution in [0.25, 0.3) is 11.1 Å². The summed E-state index contributed by atoms with van der Waals surface area (Å²) in [5.41, 5.74) is 3.78. The molecule has 0 amide bonds. The van der Waals surface area contributed by atoms with Crippen molar-refractivity contribution in [3.8, 4) is 11.1 Å². The first-order valence-electron chi connectivity index (χ1n) is 10.1. The van der Waals surface area contributed by atoms with Gasteiger partial charge in [0, 0.05) is 16.9 Å². The molecular weight excluding hydrogens is 278 g/mol. The van der Waals surface area contributed by atoms with Gasteiger partial charge in [0.2, 0.25) is 0 Å². The zero-order chi connectivity index (χ0) is 20.6. The predicted octanol–water partition coefficient (Wildman–Crippen LogP) is 6.39. The van der Waals surface area contributed by atoms with Crippen LogP contribution in [0.15, 0.2) is 78.7 Å². The van der Waals surface area contributed by atoms with E-state index in [9.17, 15) is 0 Å². The summed E-state index contributed by atoms with van der Waals surface area (Å²) in [5.74, 6) is 0. The third kappa shape index (κ3) is 3.62. The molecule has 0 fully saturated rings. The Balaban J connectivity index is 2.19. The lowest BCUT2D eigenvalue weighted by Gasteiger charge is -2.22. The number of anilines is 2. The van der Waals surface area contributed by atoms with E-state index < -0.39 is 6.04 Å². The number of rotatable bonds is 3. The van der Waals surface area contributed by atoms with E-state index in [-0.39, 0.29) is 35.3 Å². The number of para-hydroxylation sites is 1. The average Bonchev–Trinajstić information content (AvgIpc) is 2.68. The van der Waals surface area contributed by atoms with Crippen LogP contribution in [0, 0.1) is 0 Å². The topological polar surface area (TPSA) is 12.0 Å². The third-order valence-corrected chi connectivity index (χ3v) is 3.73. The molecule has 23 heavy (non-hydrogen) atoms. The zero-order valence-electron chi connectivity index (χ0n) is 18.6. The van der Waals surface area contributed by atoms with Gasteiger partial charge < -0.3 is 5.32 Å². The van der Waals surface area contributed by atoms with Crippen molar-refractivity contribution < 1.29 is 6.85 Å². The van der Waals surface area contributed by atoms with Crippen molar-refractivity contribution in [2.75, 3.05) is 5.32 Å². The maximum absolute atomic E-state index is 8.17. The minimum absolute atomic E-state index is 0.0429. The second-order valence-electron chi connectivity index (χ2n) is 6.50. The fraction of sp³-hybridized carbons (Fsp3) is 0.182. The Bertz CT molecular complexity index is 994. The Morgan fingerprint density at radius 3 is 2.22 bits per heavy atom. The SMILES string of the molecule is [2H]c1c([2H])c([2H])c(Nc2ccc(C(C)(C)C)cc2-c2ccccc2)c([2H])c1[2H]. The van der Waals surface area contributed by atoms with Crippen molar-refractivity contribution in [3.63, 3.8) is 0 Å². The molecule has 0 aliphatic rings. The molecule has 3 aromatic carbocycles. The monoisotopic (exact) mass is 306 g/mol. The lowest BCUT2D eigenvalue weighted by Crippen LogP contribution is -2.11. The van der Waals surface area contributed by atoms with Crippen LogP contribution < -0.4 is 5.32 Å². The summed E-state index contributed by atoms with van der Waals surface area (Å²) >= 11 is 0. The third-order valence-electron chi connectivity index (χ3n) is 3.73. The van der Waals surface area contributed by atoms with Gasteiger partial charge in [-0.15, -0.1) is 0 Å². The molecule has 0 aliphatic heterocycles. The lowest BCUT2D eigenvalue weighted by molar-refractivity contribution is 0.590. The van der Waals surface area contributed by atoms with Gasteiger partial charge in [-0.25, -0.2) is 0 Å². The molecule has 3 rings (SSSR count). The highest BCUT2D eigenvalue weighted by atomic mass is 14.9. The van der Waals surface area contributed by atoms with E-state index in [1.807, 2.05) is 42.5 Å². The molecule has 0 aliphatic carbocycles. The fourth-order valence-electron chi connectivity index (χ4n) is 2.42. The first-order valence-corrected chi connectivity index (χ1v) is 7.65. The summed E-state index contributed by atoms with van der Waals surface area (Å²) in [5, 5.41) is 3.10. The average molecular weight is 306 g/mol. The molecule has 0 saturated carbocycles. The molecule has 1 nitrogen and oxygen atoms in total. The van der Waals surface area contributed by atoms with Crippen molar-refractivity contribution in [2.45, 2.75) is 26.2 Å². The van der Waals surface area contributed by atoms with E-state index in [0.717, 1.165) is 16.7 Å². The van der Waals surface area contributed by atoms with E-state index in [4.69, 9.17) is 6.85 Å². The number of benzene rings is 3. The van der Waals surface area contributed by atoms with E-state index in [2.05, 4.69) is 32.2 Å². The maximum atomic E-state index is 8.17. The highest BCUT2D eigenvalue weighted by Gasteiger charge is 2.16. The van der Waals surface area contributed by atoms with Gasteiger partial charge >= 0.3 is 0 Å². The van der Waals surface area contributed by atoms with Crippen LogP contribution in [-0.2, 0) is 5.41 Å². The van der Waals surface area contributed by atoms with Crippen LogP contribution >= 0.6 is 0 Å². The molecule has 0 atom stereocenters. The largest absolute Gasteiger partial charge is 0.355 e. The highest BCUT2D eigenvalue weighted by Crippen LogP contribution is 2.34. The van der Waals surface area contributed by atoms with Gasteiger partial charge in [0.05, 0.1) is 6.85 Å². The van der Waals surface area contributed by atoms with E-state index in [1.54, 1.807) is 0 Å². The van der Waals surface area contributed by atoms with E-state index in [1.165, 1.54) is 0 Å². The van der Waals surface area contributed by atoms with Gasteiger partial charge in [-0.05, 0) is 40.8 Å². The van der Waals surface area contributed by atoms with Gasteiger partial charge in [0.1, 0.15) is 0 Å². The Hall–Kier alpha value is -2.54. The number of hydrogen-bond acceptors (Lipinski definition) is 1. The summed E-state index contributed by atoms with van der Waals surface area (Å²) in [7, 11) is 0. The summed E-state index contributed by atoms with van der Waals surface area (Å²) in [6, 6.07) is 14.2. The number of nitrogens with one attached hydrogen (secondary N) is 1. The first kappa shape index (κ1) is 10.3. The van der Waals surface area contributed by atoms with E-state index >= 15 is 0 Å². The molecule has 0 saturated heterocycles. The van der Waals surface area contributed by atoms with Crippen molar-refractivity contribution in [2.24, 2.45) is 0 Å². The van der Waals surface area contributed by atoms with Crippen molar-refractivity contribution in [1.82, 2.24) is 0 Å². The lowest BCUT2D eigenvalue weighted by atomic mass is 9.85. The molecule has 0 bridgehead atoms. The van der Waals surface area contributed by atoms with Crippen LogP contribution in [0.5, 0.6) is 0 Å². The van der Waals surface area contributed by atoms with Gasteiger partial charge in [-0.3, -0.25) is 0 Å². The van der Waals surface area contributed by atoms with Crippen LogP contribution in [0.3, 0.4) is 0 Å². The summed E-state index contributed by atoms with van der Waals surface area (Å²) in [4.78, 5) is 0.